The summed E-state index contributed by atoms with van der Waals surface area (Å²) < 4.78 is 5.45. The largest absolute Gasteiger partial charge is 0.496 e. The van der Waals surface area contributed by atoms with Gasteiger partial charge in [-0.3, -0.25) is 9.97 Å². The Morgan fingerprint density at radius 3 is 2.79 bits per heavy atom. The molecule has 0 unspecified atom stereocenters. The Bertz CT molecular complexity index is 1170. The molecular formula is C21H16N6O. The summed E-state index contributed by atoms with van der Waals surface area (Å²) in [4.78, 5) is 17.8. The van der Waals surface area contributed by atoms with Gasteiger partial charge >= 0.3 is 0 Å². The maximum atomic E-state index is 9.25. The van der Waals surface area contributed by atoms with Crippen molar-refractivity contribution in [1.82, 2.24) is 19.9 Å². The Labute approximate surface area is 161 Å². The highest BCUT2D eigenvalue weighted by Crippen LogP contribution is 2.31. The van der Waals surface area contributed by atoms with Gasteiger partial charge in [-0.05, 0) is 30.3 Å². The van der Waals surface area contributed by atoms with E-state index >= 15 is 0 Å². The number of nitrogens with zero attached hydrogens (tertiary/aromatic N) is 5. The molecule has 0 radical (unpaired) electrons. The molecule has 0 bridgehead atoms. The van der Waals surface area contributed by atoms with Gasteiger partial charge in [0.2, 0.25) is 0 Å². The number of rotatable bonds is 5. The van der Waals surface area contributed by atoms with E-state index in [0.29, 0.717) is 35.1 Å². The first-order valence-corrected chi connectivity index (χ1v) is 8.62. The summed E-state index contributed by atoms with van der Waals surface area (Å²) in [5.41, 5.74) is 2.77. The number of anilines is 1. The van der Waals surface area contributed by atoms with Gasteiger partial charge in [-0.1, -0.05) is 12.1 Å². The first kappa shape index (κ1) is 17.4. The van der Waals surface area contributed by atoms with Crippen molar-refractivity contribution in [2.24, 2.45) is 0 Å². The summed E-state index contributed by atoms with van der Waals surface area (Å²) in [5, 5.41) is 13.5. The number of ether oxygens (including phenoxy) is 1. The van der Waals surface area contributed by atoms with Crippen LogP contribution >= 0.6 is 0 Å². The van der Waals surface area contributed by atoms with Gasteiger partial charge in [0.25, 0.3) is 0 Å². The van der Waals surface area contributed by atoms with Crippen LogP contribution in [0.25, 0.3) is 22.3 Å². The number of methoxy groups -OCH3 is 1. The van der Waals surface area contributed by atoms with E-state index in [4.69, 9.17) is 9.72 Å². The molecule has 4 rings (SSSR count). The van der Waals surface area contributed by atoms with Gasteiger partial charge in [0.1, 0.15) is 11.6 Å². The summed E-state index contributed by atoms with van der Waals surface area (Å²) in [5.74, 6) is 1.76. The molecule has 2 aromatic carbocycles. The first-order valence-electron chi connectivity index (χ1n) is 8.62. The monoisotopic (exact) mass is 368 g/mol. The Balaban J connectivity index is 1.81. The van der Waals surface area contributed by atoms with Crippen LogP contribution in [0, 0.1) is 11.3 Å². The minimum absolute atomic E-state index is 0.476. The van der Waals surface area contributed by atoms with Crippen molar-refractivity contribution < 1.29 is 4.74 Å². The van der Waals surface area contributed by atoms with E-state index in [9.17, 15) is 5.26 Å². The summed E-state index contributed by atoms with van der Waals surface area (Å²) in [6.07, 6.45) is 4.99. The second kappa shape index (κ2) is 7.68. The molecule has 2 aromatic heterocycles. The number of nitriles is 1. The molecule has 7 heteroatoms. The van der Waals surface area contributed by atoms with Gasteiger partial charge in [0.05, 0.1) is 48.3 Å². The molecule has 28 heavy (non-hydrogen) atoms. The maximum absolute atomic E-state index is 9.25. The second-order valence-corrected chi connectivity index (χ2v) is 5.99. The smallest absolute Gasteiger partial charge is 0.165 e. The highest BCUT2D eigenvalue weighted by atomic mass is 16.5. The van der Waals surface area contributed by atoms with Gasteiger partial charge in [-0.15, -0.1) is 0 Å². The van der Waals surface area contributed by atoms with E-state index in [0.717, 1.165) is 16.6 Å². The summed E-state index contributed by atoms with van der Waals surface area (Å²) in [7, 11) is 1.58. The van der Waals surface area contributed by atoms with E-state index in [-0.39, 0.29) is 0 Å². The molecule has 7 nitrogen and oxygen atoms in total. The average molecular weight is 368 g/mol. The normalized spacial score (nSPS) is 10.4. The third kappa shape index (κ3) is 3.44. The molecule has 0 aliphatic heterocycles. The molecular weight excluding hydrogens is 352 g/mol. The lowest BCUT2D eigenvalue weighted by Crippen LogP contribution is -2.06. The summed E-state index contributed by atoms with van der Waals surface area (Å²) in [6.45, 7) is 0.476. The van der Waals surface area contributed by atoms with E-state index in [1.54, 1.807) is 43.9 Å². The van der Waals surface area contributed by atoms with E-state index < -0.39 is 0 Å². The Hall–Kier alpha value is -4.05. The summed E-state index contributed by atoms with van der Waals surface area (Å²) >= 11 is 0. The van der Waals surface area contributed by atoms with Gasteiger partial charge < -0.3 is 10.1 Å². The van der Waals surface area contributed by atoms with E-state index in [1.165, 1.54) is 0 Å². The SMILES string of the molecule is COc1ccc(C#N)cc1-c1nc(NCc2cnccn2)c2ccccc2n1. The third-order valence-electron chi connectivity index (χ3n) is 4.23. The van der Waals surface area contributed by atoms with E-state index in [2.05, 4.69) is 26.3 Å². The Morgan fingerprint density at radius 1 is 1.11 bits per heavy atom. The van der Waals surface area contributed by atoms with Crippen LogP contribution in [-0.4, -0.2) is 27.0 Å². The van der Waals surface area contributed by atoms with E-state index in [1.807, 2.05) is 24.3 Å². The van der Waals surface area contributed by atoms with Crippen molar-refractivity contribution in [3.05, 3.63) is 72.3 Å². The van der Waals surface area contributed by atoms with Crippen LogP contribution in [0.15, 0.2) is 61.1 Å². The standard InChI is InChI=1S/C21H16N6O/c1-28-19-7-6-14(11-22)10-17(19)21-26-18-5-3-2-4-16(18)20(27-21)25-13-15-12-23-8-9-24-15/h2-10,12H,13H2,1H3,(H,25,26,27). The molecule has 0 amide bonds. The quantitative estimate of drug-likeness (QED) is 0.575. The lowest BCUT2D eigenvalue weighted by atomic mass is 10.1. The van der Waals surface area contributed by atoms with Crippen molar-refractivity contribution in [2.45, 2.75) is 6.54 Å². The molecule has 0 aliphatic carbocycles. The number of benzene rings is 2. The molecule has 2 heterocycles. The zero-order chi connectivity index (χ0) is 19.3. The predicted octanol–water partition coefficient (Wildman–Crippen LogP) is 3.58. The third-order valence-corrected chi connectivity index (χ3v) is 4.23. The molecule has 1 N–H and O–H groups in total. The van der Waals surface area contributed by atoms with Gasteiger partial charge in [-0.2, -0.15) is 5.26 Å². The highest BCUT2D eigenvalue weighted by Gasteiger charge is 2.14. The lowest BCUT2D eigenvalue weighted by molar-refractivity contribution is 0.416. The van der Waals surface area contributed by atoms with Crippen LogP contribution in [0.3, 0.4) is 0 Å². The topological polar surface area (TPSA) is 96.6 Å². The number of hydrogen-bond acceptors (Lipinski definition) is 7. The number of aromatic nitrogens is 4. The number of fused-ring (bicyclic) bond motifs is 1. The zero-order valence-electron chi connectivity index (χ0n) is 15.1. The molecule has 136 valence electrons. The van der Waals surface area contributed by atoms with Crippen molar-refractivity contribution in [1.29, 1.82) is 5.26 Å². The number of para-hydroxylation sites is 1. The Morgan fingerprint density at radius 2 is 2.00 bits per heavy atom. The predicted molar refractivity (Wildman–Crippen MR) is 106 cm³/mol. The van der Waals surface area contributed by atoms with Crippen LogP contribution in [0.4, 0.5) is 5.82 Å². The molecule has 0 saturated heterocycles. The maximum Gasteiger partial charge on any atom is 0.165 e. The molecule has 0 aliphatic rings. The summed E-state index contributed by atoms with van der Waals surface area (Å²) in [6, 6.07) is 15.1. The Kier molecular flexibility index (Phi) is 4.76. The minimum atomic E-state index is 0.476. The zero-order valence-corrected chi connectivity index (χ0v) is 15.1. The number of hydrogen-bond donors (Lipinski definition) is 1. The minimum Gasteiger partial charge on any atom is -0.496 e. The van der Waals surface area contributed by atoms with Gasteiger partial charge in [-0.25, -0.2) is 9.97 Å². The van der Waals surface area contributed by atoms with Crippen molar-refractivity contribution in [3.63, 3.8) is 0 Å². The lowest BCUT2D eigenvalue weighted by Gasteiger charge is -2.12. The van der Waals surface area contributed by atoms with Crippen molar-refractivity contribution in [2.75, 3.05) is 12.4 Å². The molecule has 0 fully saturated rings. The molecule has 0 atom stereocenters. The molecule has 0 spiro atoms. The van der Waals surface area contributed by atoms with Crippen molar-refractivity contribution in [3.8, 4) is 23.2 Å². The van der Waals surface area contributed by atoms with Crippen LogP contribution in [0.5, 0.6) is 5.75 Å². The van der Waals surface area contributed by atoms with Gasteiger partial charge in [0, 0.05) is 17.8 Å². The van der Waals surface area contributed by atoms with Crippen molar-refractivity contribution >= 4 is 16.7 Å². The average Bonchev–Trinajstić information content (AvgIpc) is 2.77. The fourth-order valence-corrected chi connectivity index (χ4v) is 2.88. The van der Waals surface area contributed by atoms with Crippen LogP contribution in [0.2, 0.25) is 0 Å². The fraction of sp³-hybridized carbons (Fsp3) is 0.0952. The highest BCUT2D eigenvalue weighted by molar-refractivity contribution is 5.91. The second-order valence-electron chi connectivity index (χ2n) is 5.99. The first-order chi connectivity index (χ1) is 13.8. The number of nitrogens with one attached hydrogen (secondary N) is 1. The van der Waals surface area contributed by atoms with Crippen LogP contribution < -0.4 is 10.1 Å². The van der Waals surface area contributed by atoms with Crippen LogP contribution in [-0.2, 0) is 6.54 Å². The fourth-order valence-electron chi connectivity index (χ4n) is 2.88. The molecule has 4 aromatic rings. The van der Waals surface area contributed by atoms with Gasteiger partial charge in [0.15, 0.2) is 5.82 Å². The molecule has 0 saturated carbocycles. The van der Waals surface area contributed by atoms with Crippen LogP contribution in [0.1, 0.15) is 11.3 Å².